The first-order valence-corrected chi connectivity index (χ1v) is 15.4. The predicted octanol–water partition coefficient (Wildman–Crippen LogP) is 5.85. The molecule has 0 saturated heterocycles. The Labute approximate surface area is 221 Å². The van der Waals surface area contributed by atoms with Crippen molar-refractivity contribution in [1.82, 2.24) is 0 Å². The third-order valence-corrected chi connectivity index (χ3v) is 13.4. The van der Waals surface area contributed by atoms with Crippen LogP contribution in [0.1, 0.15) is 99.3 Å². The maximum atomic E-state index is 14.2. The molecule has 8 heteroatoms. The van der Waals surface area contributed by atoms with E-state index in [9.17, 15) is 27.7 Å². The smallest absolute Gasteiger partial charge is 0.397 e. The van der Waals surface area contributed by atoms with Gasteiger partial charge in [-0.1, -0.05) is 40.2 Å². The second-order valence-corrected chi connectivity index (χ2v) is 15.6. The number of rotatable bonds is 3. The summed E-state index contributed by atoms with van der Waals surface area (Å²) in [6, 6.07) is 0. The standard InChI is InChI=1S/C29H44O7S/c1-17-18-7-10-29(6)23(27(18,4)9-8-22(17)36-37(33,34)35)21(30)15-19-20-16-26(3,24(31)32)12-11-25(20,2)13-14-28(19,29)5/h15,17-18,20,22-23H,7-14,16H2,1-6H3,(H,31,32)(H,33,34,35)/t17-,18?,20?,22-,23?,25?,26-,27?,28+,29?/m0/s1. The van der Waals surface area contributed by atoms with Gasteiger partial charge in [0.2, 0.25) is 0 Å². The fourth-order valence-electron chi connectivity index (χ4n) is 10.3. The third-order valence-electron chi connectivity index (χ3n) is 12.9. The summed E-state index contributed by atoms with van der Waals surface area (Å²) in [5.41, 5.74) is -0.300. The highest BCUT2D eigenvalue weighted by molar-refractivity contribution is 7.80. The number of carbonyl (C=O) groups excluding carboxylic acids is 1. The van der Waals surface area contributed by atoms with Crippen LogP contribution in [-0.4, -0.2) is 35.9 Å². The Balaban J connectivity index is 1.55. The second kappa shape index (κ2) is 8.14. The minimum Gasteiger partial charge on any atom is -0.481 e. The first-order valence-electron chi connectivity index (χ1n) is 14.1. The molecule has 7 nitrogen and oxygen atoms in total. The molecule has 0 aromatic rings. The summed E-state index contributed by atoms with van der Waals surface area (Å²) in [7, 11) is -4.54. The van der Waals surface area contributed by atoms with Crippen molar-refractivity contribution in [2.75, 3.05) is 0 Å². The van der Waals surface area contributed by atoms with E-state index < -0.39 is 27.9 Å². The monoisotopic (exact) mass is 536 g/mol. The molecule has 0 bridgehead atoms. The number of hydrogen-bond donors (Lipinski definition) is 2. The van der Waals surface area contributed by atoms with E-state index in [0.717, 1.165) is 32.1 Å². The zero-order valence-corrected chi connectivity index (χ0v) is 24.0. The van der Waals surface area contributed by atoms with E-state index in [2.05, 4.69) is 27.7 Å². The van der Waals surface area contributed by atoms with E-state index >= 15 is 0 Å². The maximum Gasteiger partial charge on any atom is 0.397 e. The molecule has 10 atom stereocenters. The fourth-order valence-corrected chi connectivity index (χ4v) is 10.8. The topological polar surface area (TPSA) is 118 Å². The number of hydrogen-bond acceptors (Lipinski definition) is 5. The normalized spacial score (nSPS) is 51.7. The van der Waals surface area contributed by atoms with Crippen LogP contribution in [0, 0.1) is 50.7 Å². The summed E-state index contributed by atoms with van der Waals surface area (Å²) in [5.74, 6) is -0.644. The lowest BCUT2D eigenvalue weighted by Gasteiger charge is -2.69. The van der Waals surface area contributed by atoms with E-state index in [1.807, 2.05) is 19.9 Å². The number of carboxylic acids is 1. The summed E-state index contributed by atoms with van der Waals surface area (Å²) < 4.78 is 37.3. The first kappa shape index (κ1) is 27.3. The van der Waals surface area contributed by atoms with Gasteiger partial charge in [0.25, 0.3) is 0 Å². The number of fused-ring (bicyclic) bond motifs is 7. The van der Waals surface area contributed by atoms with Crippen molar-refractivity contribution in [1.29, 1.82) is 0 Å². The summed E-state index contributed by atoms with van der Waals surface area (Å²) in [5, 5.41) is 10.1. The highest BCUT2D eigenvalue weighted by atomic mass is 32.3. The van der Waals surface area contributed by atoms with Crippen molar-refractivity contribution in [2.24, 2.45) is 50.7 Å². The Bertz CT molecular complexity index is 1160. The quantitative estimate of drug-likeness (QED) is 0.434. The van der Waals surface area contributed by atoms with Crippen LogP contribution in [0.25, 0.3) is 0 Å². The maximum absolute atomic E-state index is 14.2. The number of ketones is 1. The van der Waals surface area contributed by atoms with Crippen LogP contribution in [0.5, 0.6) is 0 Å². The van der Waals surface area contributed by atoms with Crippen LogP contribution in [0.15, 0.2) is 11.6 Å². The van der Waals surface area contributed by atoms with Gasteiger partial charge in [0.1, 0.15) is 0 Å². The summed E-state index contributed by atoms with van der Waals surface area (Å²) in [6.07, 6.45) is 8.42. The van der Waals surface area contributed by atoms with E-state index in [-0.39, 0.29) is 51.1 Å². The summed E-state index contributed by atoms with van der Waals surface area (Å²) in [6.45, 7) is 13.0. The lowest BCUT2D eigenvalue weighted by Crippen LogP contribution is -2.65. The molecule has 5 aliphatic carbocycles. The van der Waals surface area contributed by atoms with Gasteiger partial charge >= 0.3 is 16.4 Å². The number of aliphatic carboxylic acids is 1. The number of carbonyl (C=O) groups is 2. The molecule has 0 radical (unpaired) electrons. The molecule has 2 N–H and O–H groups in total. The van der Waals surface area contributed by atoms with Crippen LogP contribution in [0.2, 0.25) is 0 Å². The van der Waals surface area contributed by atoms with Gasteiger partial charge in [0.05, 0.1) is 11.5 Å². The highest BCUT2D eigenvalue weighted by Crippen LogP contribution is 2.74. The van der Waals surface area contributed by atoms with Crippen LogP contribution in [0.3, 0.4) is 0 Å². The minimum absolute atomic E-state index is 0.0184. The van der Waals surface area contributed by atoms with Gasteiger partial charge in [-0.25, -0.2) is 4.18 Å². The SMILES string of the molecule is C[C@H]1C2CCC3(C)C(C(=O)C=C4C5C[C@@](C)(C(=O)O)CCC5(C)CC[C@]43C)C2(C)CC[C@@H]1OS(=O)(=O)O. The largest absolute Gasteiger partial charge is 0.481 e. The first-order chi connectivity index (χ1) is 16.9. The molecule has 0 heterocycles. The lowest BCUT2D eigenvalue weighted by molar-refractivity contribution is -0.184. The molecule has 5 aliphatic rings. The number of carboxylic acid groups (broad SMARTS) is 1. The Morgan fingerprint density at radius 3 is 2.27 bits per heavy atom. The molecular weight excluding hydrogens is 492 g/mol. The van der Waals surface area contributed by atoms with E-state index in [0.29, 0.717) is 25.7 Å². The molecule has 0 spiro atoms. The van der Waals surface area contributed by atoms with Gasteiger partial charge in [-0.05, 0) is 110 Å². The van der Waals surface area contributed by atoms with E-state index in [4.69, 9.17) is 4.18 Å². The fraction of sp³-hybridized carbons (Fsp3) is 0.862. The molecule has 208 valence electrons. The molecule has 5 rings (SSSR count). The van der Waals surface area contributed by atoms with Gasteiger partial charge in [-0.3, -0.25) is 14.1 Å². The van der Waals surface area contributed by atoms with Crippen molar-refractivity contribution in [3.05, 3.63) is 11.6 Å². The third kappa shape index (κ3) is 3.75. The lowest BCUT2D eigenvalue weighted by atomic mass is 9.34. The molecule has 0 aliphatic heterocycles. The van der Waals surface area contributed by atoms with Crippen molar-refractivity contribution in [3.63, 3.8) is 0 Å². The van der Waals surface area contributed by atoms with E-state index in [1.165, 1.54) is 5.57 Å². The van der Waals surface area contributed by atoms with Gasteiger partial charge in [0.15, 0.2) is 5.78 Å². The second-order valence-electron chi connectivity index (χ2n) is 14.6. The van der Waals surface area contributed by atoms with Crippen molar-refractivity contribution in [2.45, 2.75) is 105 Å². The molecule has 37 heavy (non-hydrogen) atoms. The molecule has 0 aromatic carbocycles. The van der Waals surface area contributed by atoms with Gasteiger partial charge in [0, 0.05) is 5.92 Å². The Kier molecular flexibility index (Phi) is 6.01. The van der Waals surface area contributed by atoms with Crippen LogP contribution >= 0.6 is 0 Å². The summed E-state index contributed by atoms with van der Waals surface area (Å²) >= 11 is 0. The average Bonchev–Trinajstić information content (AvgIpc) is 2.77. The van der Waals surface area contributed by atoms with Crippen LogP contribution < -0.4 is 0 Å². The summed E-state index contributed by atoms with van der Waals surface area (Å²) in [4.78, 5) is 26.5. The predicted molar refractivity (Wildman–Crippen MR) is 139 cm³/mol. The van der Waals surface area contributed by atoms with E-state index in [1.54, 1.807) is 0 Å². The molecular formula is C29H44O7S. The van der Waals surface area contributed by atoms with Gasteiger partial charge < -0.3 is 5.11 Å². The van der Waals surface area contributed by atoms with Crippen molar-refractivity contribution >= 4 is 22.2 Å². The van der Waals surface area contributed by atoms with Gasteiger partial charge in [-0.15, -0.1) is 0 Å². The van der Waals surface area contributed by atoms with Crippen molar-refractivity contribution in [3.8, 4) is 0 Å². The minimum atomic E-state index is -4.54. The highest BCUT2D eigenvalue weighted by Gasteiger charge is 2.69. The Morgan fingerprint density at radius 1 is 1.00 bits per heavy atom. The van der Waals surface area contributed by atoms with Gasteiger partial charge in [-0.2, -0.15) is 8.42 Å². The molecule has 0 aromatic heterocycles. The average molecular weight is 537 g/mol. The molecule has 4 fully saturated rings. The Hall–Kier alpha value is -1.25. The molecule has 6 unspecified atom stereocenters. The van der Waals surface area contributed by atoms with Crippen LogP contribution in [0.4, 0.5) is 0 Å². The zero-order valence-electron chi connectivity index (χ0n) is 23.2. The molecule has 4 saturated carbocycles. The zero-order chi connectivity index (χ0) is 27.4. The van der Waals surface area contributed by atoms with Crippen LogP contribution in [-0.2, 0) is 24.2 Å². The Morgan fingerprint density at radius 2 is 1.65 bits per heavy atom. The number of allylic oxidation sites excluding steroid dienone is 2. The molecule has 0 amide bonds. The van der Waals surface area contributed by atoms with Crippen molar-refractivity contribution < 1.29 is 31.8 Å².